The van der Waals surface area contributed by atoms with Gasteiger partial charge < -0.3 is 15.0 Å². The van der Waals surface area contributed by atoms with Gasteiger partial charge in [-0.3, -0.25) is 0 Å². The fourth-order valence-electron chi connectivity index (χ4n) is 3.66. The predicted molar refractivity (Wildman–Crippen MR) is 108 cm³/mol. The van der Waals surface area contributed by atoms with Gasteiger partial charge in [0.25, 0.3) is 0 Å². The van der Waals surface area contributed by atoms with Gasteiger partial charge in [0.15, 0.2) is 5.82 Å². The number of fused-ring (bicyclic) bond motifs is 1. The van der Waals surface area contributed by atoms with Crippen LogP contribution in [0.2, 0.25) is 0 Å². The summed E-state index contributed by atoms with van der Waals surface area (Å²) in [7, 11) is 0. The second kappa shape index (κ2) is 6.52. The Balaban J connectivity index is 1.70. The van der Waals surface area contributed by atoms with Crippen LogP contribution < -0.4 is 4.90 Å². The number of rotatable bonds is 3. The van der Waals surface area contributed by atoms with E-state index in [-0.39, 0.29) is 6.10 Å². The van der Waals surface area contributed by atoms with Crippen LogP contribution in [-0.4, -0.2) is 39.3 Å². The Morgan fingerprint density at radius 2 is 1.63 bits per heavy atom. The number of nitrogens with zero attached hydrogens (tertiary/aromatic N) is 3. The number of anilines is 1. The SMILES string of the molecule is O[C@@H]1CCN(c2nc(-c3ccccc3)nc3[nH]c(-c4ccccc4)cc23)C1. The first-order chi connectivity index (χ1) is 13.3. The van der Waals surface area contributed by atoms with Crippen LogP contribution in [0.3, 0.4) is 0 Å². The highest BCUT2D eigenvalue weighted by Gasteiger charge is 2.25. The molecule has 1 atom stereocenters. The molecule has 0 bridgehead atoms. The largest absolute Gasteiger partial charge is 0.391 e. The van der Waals surface area contributed by atoms with Crippen LogP contribution in [0.25, 0.3) is 33.7 Å². The quantitative estimate of drug-likeness (QED) is 0.585. The summed E-state index contributed by atoms with van der Waals surface area (Å²) in [5.41, 5.74) is 3.94. The summed E-state index contributed by atoms with van der Waals surface area (Å²) in [6.07, 6.45) is 0.463. The third-order valence-corrected chi connectivity index (χ3v) is 5.05. The van der Waals surface area contributed by atoms with Crippen molar-refractivity contribution in [1.82, 2.24) is 15.0 Å². The van der Waals surface area contributed by atoms with Gasteiger partial charge in [0.05, 0.1) is 11.5 Å². The molecule has 2 aromatic carbocycles. The molecule has 1 aliphatic heterocycles. The third-order valence-electron chi connectivity index (χ3n) is 5.05. The molecule has 1 aliphatic rings. The number of hydrogen-bond acceptors (Lipinski definition) is 4. The molecular formula is C22H20N4O. The van der Waals surface area contributed by atoms with Gasteiger partial charge >= 0.3 is 0 Å². The number of aliphatic hydroxyl groups excluding tert-OH is 1. The first kappa shape index (κ1) is 16.0. The van der Waals surface area contributed by atoms with E-state index < -0.39 is 0 Å². The van der Waals surface area contributed by atoms with Crippen LogP contribution in [0.1, 0.15) is 6.42 Å². The minimum atomic E-state index is -0.303. The number of benzene rings is 2. The topological polar surface area (TPSA) is 65.0 Å². The van der Waals surface area contributed by atoms with Gasteiger partial charge in [-0.1, -0.05) is 60.7 Å². The number of hydrogen-bond donors (Lipinski definition) is 2. The molecule has 0 spiro atoms. The van der Waals surface area contributed by atoms with Gasteiger partial charge in [0.2, 0.25) is 0 Å². The average molecular weight is 356 g/mol. The highest BCUT2D eigenvalue weighted by atomic mass is 16.3. The lowest BCUT2D eigenvalue weighted by Gasteiger charge is -2.18. The van der Waals surface area contributed by atoms with Crippen molar-refractivity contribution in [3.63, 3.8) is 0 Å². The third kappa shape index (κ3) is 2.96. The molecule has 4 aromatic rings. The van der Waals surface area contributed by atoms with E-state index in [1.807, 2.05) is 48.5 Å². The van der Waals surface area contributed by atoms with Gasteiger partial charge in [-0.25, -0.2) is 9.97 Å². The zero-order valence-corrected chi connectivity index (χ0v) is 14.8. The van der Waals surface area contributed by atoms with Crippen molar-refractivity contribution in [2.75, 3.05) is 18.0 Å². The Kier molecular flexibility index (Phi) is 3.87. The van der Waals surface area contributed by atoms with E-state index in [1.165, 1.54) is 0 Å². The summed E-state index contributed by atoms with van der Waals surface area (Å²) >= 11 is 0. The van der Waals surface area contributed by atoms with Crippen LogP contribution in [0, 0.1) is 0 Å². The fraction of sp³-hybridized carbons (Fsp3) is 0.182. The van der Waals surface area contributed by atoms with Crippen molar-refractivity contribution in [2.24, 2.45) is 0 Å². The number of aromatic amines is 1. The van der Waals surface area contributed by atoms with Crippen LogP contribution in [-0.2, 0) is 0 Å². The number of H-pyrrole nitrogens is 1. The molecule has 5 nitrogen and oxygen atoms in total. The Morgan fingerprint density at radius 3 is 2.30 bits per heavy atom. The van der Waals surface area contributed by atoms with Crippen molar-refractivity contribution >= 4 is 16.9 Å². The van der Waals surface area contributed by atoms with E-state index in [0.29, 0.717) is 12.4 Å². The van der Waals surface area contributed by atoms with Crippen LogP contribution >= 0.6 is 0 Å². The zero-order chi connectivity index (χ0) is 18.2. The maximum atomic E-state index is 10.0. The summed E-state index contributed by atoms with van der Waals surface area (Å²) in [6.45, 7) is 1.40. The van der Waals surface area contributed by atoms with E-state index in [2.05, 4.69) is 28.1 Å². The summed E-state index contributed by atoms with van der Waals surface area (Å²) < 4.78 is 0. The number of aromatic nitrogens is 3. The molecule has 3 heterocycles. The smallest absolute Gasteiger partial charge is 0.163 e. The molecule has 0 saturated carbocycles. The van der Waals surface area contributed by atoms with E-state index >= 15 is 0 Å². The van der Waals surface area contributed by atoms with Crippen molar-refractivity contribution in [3.8, 4) is 22.6 Å². The van der Waals surface area contributed by atoms with Gasteiger partial charge in [-0.15, -0.1) is 0 Å². The molecule has 2 aromatic heterocycles. The van der Waals surface area contributed by atoms with E-state index in [4.69, 9.17) is 9.97 Å². The lowest BCUT2D eigenvalue weighted by Crippen LogP contribution is -2.22. The first-order valence-corrected chi connectivity index (χ1v) is 9.22. The second-order valence-electron chi connectivity index (χ2n) is 6.94. The van der Waals surface area contributed by atoms with E-state index in [1.54, 1.807) is 0 Å². The molecule has 0 radical (unpaired) electrons. The number of β-amino-alcohol motifs (C(OH)–C–C–N with tert-alkyl or cyclic N) is 1. The number of aliphatic hydroxyl groups is 1. The molecule has 1 saturated heterocycles. The maximum Gasteiger partial charge on any atom is 0.163 e. The molecule has 1 fully saturated rings. The Hall–Kier alpha value is -3.18. The van der Waals surface area contributed by atoms with Crippen LogP contribution in [0.5, 0.6) is 0 Å². The van der Waals surface area contributed by atoms with Crippen molar-refractivity contribution in [3.05, 3.63) is 66.7 Å². The van der Waals surface area contributed by atoms with Gasteiger partial charge in [0.1, 0.15) is 11.5 Å². The van der Waals surface area contributed by atoms with E-state index in [0.717, 1.165) is 46.6 Å². The van der Waals surface area contributed by atoms with Crippen molar-refractivity contribution < 1.29 is 5.11 Å². The fourth-order valence-corrected chi connectivity index (χ4v) is 3.66. The average Bonchev–Trinajstić information content (AvgIpc) is 3.35. The zero-order valence-electron chi connectivity index (χ0n) is 14.8. The summed E-state index contributed by atoms with van der Waals surface area (Å²) in [4.78, 5) is 15.3. The minimum Gasteiger partial charge on any atom is -0.391 e. The van der Waals surface area contributed by atoms with Gasteiger partial charge in [-0.05, 0) is 18.1 Å². The molecule has 2 N–H and O–H groups in total. The monoisotopic (exact) mass is 356 g/mol. The Bertz CT molecular complexity index is 1080. The highest BCUT2D eigenvalue weighted by Crippen LogP contribution is 2.32. The molecule has 0 aliphatic carbocycles. The molecule has 27 heavy (non-hydrogen) atoms. The second-order valence-corrected chi connectivity index (χ2v) is 6.94. The Labute approximate surface area is 157 Å². The molecule has 0 unspecified atom stereocenters. The summed E-state index contributed by atoms with van der Waals surface area (Å²) in [5.74, 6) is 1.58. The maximum absolute atomic E-state index is 10.0. The molecule has 5 rings (SSSR count). The van der Waals surface area contributed by atoms with Gasteiger partial charge in [0, 0.05) is 24.3 Å². The van der Waals surface area contributed by atoms with Crippen LogP contribution in [0.4, 0.5) is 5.82 Å². The highest BCUT2D eigenvalue weighted by molar-refractivity contribution is 5.93. The molecule has 5 heteroatoms. The first-order valence-electron chi connectivity index (χ1n) is 9.22. The molecular weight excluding hydrogens is 336 g/mol. The summed E-state index contributed by atoms with van der Waals surface area (Å²) in [6, 6.07) is 22.3. The molecule has 134 valence electrons. The lowest BCUT2D eigenvalue weighted by atomic mass is 10.1. The molecule has 0 amide bonds. The van der Waals surface area contributed by atoms with Gasteiger partial charge in [-0.2, -0.15) is 0 Å². The minimum absolute atomic E-state index is 0.303. The predicted octanol–water partition coefficient (Wildman–Crippen LogP) is 3.86. The number of nitrogens with one attached hydrogen (secondary N) is 1. The van der Waals surface area contributed by atoms with Crippen molar-refractivity contribution in [1.29, 1.82) is 0 Å². The normalized spacial score (nSPS) is 16.9. The van der Waals surface area contributed by atoms with Crippen molar-refractivity contribution in [2.45, 2.75) is 12.5 Å². The van der Waals surface area contributed by atoms with E-state index in [9.17, 15) is 5.11 Å². The summed E-state index contributed by atoms with van der Waals surface area (Å²) in [5, 5.41) is 11.0. The standard InChI is InChI=1S/C22H20N4O/c27-17-11-12-26(14-17)22-18-13-19(15-7-3-1-4-8-15)23-21(18)24-20(25-22)16-9-5-2-6-10-16/h1-10,13,17,27H,11-12,14H2,(H,23,24,25)/t17-/m1/s1. The Morgan fingerprint density at radius 1 is 0.926 bits per heavy atom. The van der Waals surface area contributed by atoms with Crippen LogP contribution in [0.15, 0.2) is 66.7 Å². The lowest BCUT2D eigenvalue weighted by molar-refractivity contribution is 0.198.